The van der Waals surface area contributed by atoms with E-state index in [9.17, 15) is 14.9 Å². The summed E-state index contributed by atoms with van der Waals surface area (Å²) in [5.74, 6) is 0.0413. The Hall–Kier alpha value is -4.06. The quantitative estimate of drug-likeness (QED) is 0.397. The fourth-order valence-corrected chi connectivity index (χ4v) is 4.78. The maximum absolute atomic E-state index is 13.5. The van der Waals surface area contributed by atoms with Gasteiger partial charge in [-0.05, 0) is 79.1 Å². The molecule has 1 N–H and O–H groups in total. The smallest absolute Gasteiger partial charge is 0.283 e. The van der Waals surface area contributed by atoms with Crippen molar-refractivity contribution in [1.82, 2.24) is 0 Å². The minimum absolute atomic E-state index is 0.0272. The molecule has 3 aromatic rings. The second kappa shape index (κ2) is 11.3. The molecule has 1 aliphatic heterocycles. The number of nitriles is 1. The van der Waals surface area contributed by atoms with Gasteiger partial charge in [0.2, 0.25) is 5.91 Å². The number of anilines is 2. The molecule has 0 unspecified atom stereocenters. The summed E-state index contributed by atoms with van der Waals surface area (Å²) >= 11 is 7.16. The highest BCUT2D eigenvalue weighted by Gasteiger charge is 2.32. The topological polar surface area (TPSA) is 94.8 Å². The second-order valence-corrected chi connectivity index (χ2v) is 9.70. The summed E-state index contributed by atoms with van der Waals surface area (Å²) in [5, 5.41) is 12.8. The first-order valence-corrected chi connectivity index (χ1v) is 12.6. The molecule has 0 saturated carbocycles. The number of hydrogen-bond donors (Lipinski definition) is 1. The van der Waals surface area contributed by atoms with Crippen molar-refractivity contribution in [3.8, 4) is 11.8 Å². The molecule has 7 nitrogen and oxygen atoms in total. The molecule has 0 aromatic heterocycles. The molecule has 0 atom stereocenters. The number of aryl methyl sites for hydroxylation is 2. The van der Waals surface area contributed by atoms with E-state index in [1.165, 1.54) is 11.0 Å². The number of thioether (sulfide) groups is 1. The van der Waals surface area contributed by atoms with Crippen molar-refractivity contribution in [3.63, 3.8) is 0 Å². The van der Waals surface area contributed by atoms with E-state index >= 15 is 0 Å². The van der Waals surface area contributed by atoms with Crippen molar-refractivity contribution in [2.24, 2.45) is 4.99 Å². The number of ether oxygens (including phenoxy) is 1. The molecule has 0 fully saturated rings. The van der Waals surface area contributed by atoms with Crippen molar-refractivity contribution in [1.29, 1.82) is 5.26 Å². The zero-order valence-electron chi connectivity index (χ0n) is 20.4. The van der Waals surface area contributed by atoms with Gasteiger partial charge >= 0.3 is 0 Å². The Morgan fingerprint density at radius 2 is 1.84 bits per heavy atom. The van der Waals surface area contributed by atoms with E-state index in [1.807, 2.05) is 62.4 Å². The molecular formula is C28H23ClN4O3S. The van der Waals surface area contributed by atoms with Gasteiger partial charge in [0, 0.05) is 5.02 Å². The van der Waals surface area contributed by atoms with Crippen LogP contribution < -0.4 is 15.0 Å². The van der Waals surface area contributed by atoms with Crippen molar-refractivity contribution < 1.29 is 14.3 Å². The van der Waals surface area contributed by atoms with Crippen LogP contribution in [0.1, 0.15) is 22.3 Å². The molecule has 0 saturated heterocycles. The zero-order valence-corrected chi connectivity index (χ0v) is 22.0. The fourth-order valence-electron chi connectivity index (χ4n) is 3.79. The van der Waals surface area contributed by atoms with E-state index < -0.39 is 0 Å². The van der Waals surface area contributed by atoms with E-state index in [2.05, 4.69) is 10.3 Å². The molecule has 1 heterocycles. The number of nitrogens with zero attached hydrogens (tertiary/aromatic N) is 3. The van der Waals surface area contributed by atoms with Gasteiger partial charge in [-0.2, -0.15) is 5.26 Å². The number of rotatable bonds is 6. The molecule has 4 rings (SSSR count). The molecule has 0 bridgehead atoms. The Morgan fingerprint density at radius 1 is 1.14 bits per heavy atom. The number of hydrogen-bond acceptors (Lipinski definition) is 6. The van der Waals surface area contributed by atoms with Gasteiger partial charge in [0.25, 0.3) is 5.91 Å². The second-order valence-electron chi connectivity index (χ2n) is 8.32. The number of halogens is 1. The Kier molecular flexibility index (Phi) is 7.97. The molecule has 37 heavy (non-hydrogen) atoms. The van der Waals surface area contributed by atoms with E-state index in [0.29, 0.717) is 32.9 Å². The lowest BCUT2D eigenvalue weighted by Crippen LogP contribution is -2.31. The number of carbonyl (C=O) groups excluding carboxylic acids is 2. The van der Waals surface area contributed by atoms with Gasteiger partial charge in [-0.1, -0.05) is 41.6 Å². The third-order valence-electron chi connectivity index (χ3n) is 5.42. The standard InChI is InChI=1S/C28H23ClN4O3S/c1-17-10-18(2)12-22(11-17)33-27(35)25(13-19-4-8-23(36-3)9-5-19)32-28(33)37-16-26(34)31-24-14-21(29)7-6-20(24)15-30/h4-14H,16H2,1-3H3,(H,31,34)/b25-13+. The molecule has 0 aliphatic carbocycles. The van der Waals surface area contributed by atoms with Gasteiger partial charge in [-0.15, -0.1) is 0 Å². The fraction of sp³-hybridized carbons (Fsp3) is 0.143. The van der Waals surface area contributed by atoms with Crippen molar-refractivity contribution in [2.75, 3.05) is 23.1 Å². The molecule has 3 aromatic carbocycles. The lowest BCUT2D eigenvalue weighted by molar-refractivity contribution is -0.114. The van der Waals surface area contributed by atoms with Gasteiger partial charge < -0.3 is 10.1 Å². The Balaban J connectivity index is 1.61. The van der Waals surface area contributed by atoms with Crippen LogP contribution in [-0.2, 0) is 9.59 Å². The number of benzene rings is 3. The van der Waals surface area contributed by atoms with E-state index in [4.69, 9.17) is 16.3 Å². The average Bonchev–Trinajstić information content (AvgIpc) is 3.17. The molecule has 0 spiro atoms. The van der Waals surface area contributed by atoms with Crippen LogP contribution in [0.25, 0.3) is 6.08 Å². The van der Waals surface area contributed by atoms with Crippen LogP contribution in [0.4, 0.5) is 11.4 Å². The number of methoxy groups -OCH3 is 1. The molecular weight excluding hydrogens is 508 g/mol. The van der Waals surface area contributed by atoms with Crippen molar-refractivity contribution >= 4 is 57.8 Å². The van der Waals surface area contributed by atoms with Gasteiger partial charge in [-0.3, -0.25) is 14.5 Å². The first-order chi connectivity index (χ1) is 17.8. The summed E-state index contributed by atoms with van der Waals surface area (Å²) in [4.78, 5) is 32.3. The number of aliphatic imine (C=N–C) groups is 1. The van der Waals surface area contributed by atoms with Gasteiger partial charge in [-0.25, -0.2) is 4.99 Å². The highest BCUT2D eigenvalue weighted by atomic mass is 35.5. The lowest BCUT2D eigenvalue weighted by Gasteiger charge is -2.19. The zero-order chi connectivity index (χ0) is 26.5. The normalized spacial score (nSPS) is 13.9. The maximum atomic E-state index is 13.5. The number of carbonyl (C=O) groups is 2. The minimum atomic E-state index is -0.355. The number of amidine groups is 1. The predicted octanol–water partition coefficient (Wildman–Crippen LogP) is 5.95. The minimum Gasteiger partial charge on any atom is -0.497 e. The van der Waals surface area contributed by atoms with Crippen LogP contribution >= 0.6 is 23.4 Å². The SMILES string of the molecule is COc1ccc(/C=C2/N=C(SCC(=O)Nc3cc(Cl)ccc3C#N)N(c3cc(C)cc(C)c3)C2=O)cc1. The Bertz CT molecular complexity index is 1460. The molecule has 9 heteroatoms. The van der Waals surface area contributed by atoms with Gasteiger partial charge in [0.15, 0.2) is 5.17 Å². The third kappa shape index (κ3) is 6.20. The molecule has 0 radical (unpaired) electrons. The van der Waals surface area contributed by atoms with Gasteiger partial charge in [0.05, 0.1) is 29.8 Å². The Labute approximate surface area is 224 Å². The molecule has 2 amide bonds. The van der Waals surface area contributed by atoms with E-state index in [1.54, 1.807) is 25.3 Å². The van der Waals surface area contributed by atoms with Crippen LogP contribution in [0.5, 0.6) is 5.75 Å². The number of amides is 2. The van der Waals surface area contributed by atoms with Crippen LogP contribution in [0.3, 0.4) is 0 Å². The highest BCUT2D eigenvalue weighted by molar-refractivity contribution is 8.14. The first-order valence-electron chi connectivity index (χ1n) is 11.3. The summed E-state index contributed by atoms with van der Waals surface area (Å²) in [6, 6.07) is 19.8. The predicted molar refractivity (Wildman–Crippen MR) is 149 cm³/mol. The number of nitrogens with one attached hydrogen (secondary N) is 1. The van der Waals surface area contributed by atoms with Crippen LogP contribution in [0, 0.1) is 25.2 Å². The van der Waals surface area contributed by atoms with Crippen LogP contribution in [-0.4, -0.2) is 29.8 Å². The first kappa shape index (κ1) is 26.0. The van der Waals surface area contributed by atoms with E-state index in [-0.39, 0.29) is 23.3 Å². The van der Waals surface area contributed by atoms with Crippen LogP contribution in [0.15, 0.2) is 71.4 Å². The summed E-state index contributed by atoms with van der Waals surface area (Å²) in [7, 11) is 1.59. The summed E-state index contributed by atoms with van der Waals surface area (Å²) in [6.07, 6.45) is 1.70. The monoisotopic (exact) mass is 530 g/mol. The molecule has 186 valence electrons. The van der Waals surface area contributed by atoms with Gasteiger partial charge in [0.1, 0.15) is 17.5 Å². The summed E-state index contributed by atoms with van der Waals surface area (Å²) < 4.78 is 5.20. The largest absolute Gasteiger partial charge is 0.497 e. The lowest BCUT2D eigenvalue weighted by atomic mass is 10.1. The maximum Gasteiger partial charge on any atom is 0.283 e. The summed E-state index contributed by atoms with van der Waals surface area (Å²) in [5.41, 5.74) is 4.36. The average molecular weight is 531 g/mol. The summed E-state index contributed by atoms with van der Waals surface area (Å²) in [6.45, 7) is 3.92. The third-order valence-corrected chi connectivity index (χ3v) is 6.60. The Morgan fingerprint density at radius 3 is 2.49 bits per heavy atom. The van der Waals surface area contributed by atoms with Crippen molar-refractivity contribution in [2.45, 2.75) is 13.8 Å². The molecule has 1 aliphatic rings. The van der Waals surface area contributed by atoms with E-state index in [0.717, 1.165) is 28.5 Å². The highest BCUT2D eigenvalue weighted by Crippen LogP contribution is 2.31. The van der Waals surface area contributed by atoms with Crippen LogP contribution in [0.2, 0.25) is 5.02 Å². The van der Waals surface area contributed by atoms with Crippen molar-refractivity contribution in [3.05, 3.63) is 93.6 Å².